The molecule has 0 aliphatic carbocycles. The van der Waals surface area contributed by atoms with Gasteiger partial charge >= 0.3 is 5.97 Å². The van der Waals surface area contributed by atoms with E-state index in [1.54, 1.807) is 6.92 Å². The minimum absolute atomic E-state index is 0.0482. The molecule has 3 amide bonds. The Kier molecular flexibility index (Phi) is 27.5. The second-order valence-electron chi connectivity index (χ2n) is 9.14. The lowest BCUT2D eigenvalue weighted by Gasteiger charge is -2.13. The lowest BCUT2D eigenvalue weighted by Crippen LogP contribution is -2.40. The van der Waals surface area contributed by atoms with Gasteiger partial charge in [0.1, 0.15) is 18.4 Å². The lowest BCUT2D eigenvalue weighted by atomic mass is 10.1. The zero-order chi connectivity index (χ0) is 32.0. The third-order valence-electron chi connectivity index (χ3n) is 5.57. The Labute approximate surface area is 254 Å². The molecule has 0 aliphatic heterocycles. The van der Waals surface area contributed by atoms with Gasteiger partial charge in [0.15, 0.2) is 0 Å². The van der Waals surface area contributed by atoms with E-state index in [1.165, 1.54) is 0 Å². The Morgan fingerprint density at radius 3 is 1.77 bits per heavy atom. The van der Waals surface area contributed by atoms with Gasteiger partial charge in [-0.25, -0.2) is 4.79 Å². The van der Waals surface area contributed by atoms with Gasteiger partial charge in [-0.15, -0.1) is 0 Å². The number of hydrogen-bond donors (Lipinski definition) is 4. The van der Waals surface area contributed by atoms with Crippen molar-refractivity contribution >= 4 is 29.5 Å². The molecular formula is C28H51N3O12. The van der Waals surface area contributed by atoms with Crippen LogP contribution in [0.5, 0.6) is 0 Å². The highest BCUT2D eigenvalue weighted by Crippen LogP contribution is 2.04. The summed E-state index contributed by atoms with van der Waals surface area (Å²) in [6.07, 6.45) is 1.26. The number of amides is 3. The number of carbonyl (C=O) groups is 5. The van der Waals surface area contributed by atoms with Gasteiger partial charge in [-0.1, -0.05) is 6.92 Å². The minimum Gasteiger partial charge on any atom is -0.480 e. The maximum atomic E-state index is 11.9. The predicted molar refractivity (Wildman–Crippen MR) is 155 cm³/mol. The highest BCUT2D eigenvalue weighted by atomic mass is 16.5. The van der Waals surface area contributed by atoms with Gasteiger partial charge < -0.3 is 49.5 Å². The number of carboxylic acid groups (broad SMARTS) is 1. The zero-order valence-corrected chi connectivity index (χ0v) is 25.7. The Balaban J connectivity index is 3.48. The van der Waals surface area contributed by atoms with Gasteiger partial charge in [0.25, 0.3) is 0 Å². The number of carboxylic acids is 1. The molecular weight excluding hydrogens is 570 g/mol. The van der Waals surface area contributed by atoms with E-state index in [9.17, 15) is 24.0 Å². The van der Waals surface area contributed by atoms with Crippen molar-refractivity contribution in [1.82, 2.24) is 16.0 Å². The highest BCUT2D eigenvalue weighted by molar-refractivity contribution is 5.84. The molecule has 15 heteroatoms. The number of ether oxygens (including phenoxy) is 6. The van der Waals surface area contributed by atoms with Crippen molar-refractivity contribution in [2.24, 2.45) is 0 Å². The maximum Gasteiger partial charge on any atom is 0.326 e. The number of hydrogen-bond acceptors (Lipinski definition) is 11. The molecule has 0 aromatic rings. The van der Waals surface area contributed by atoms with E-state index in [-0.39, 0.29) is 82.0 Å². The summed E-state index contributed by atoms with van der Waals surface area (Å²) in [5, 5.41) is 16.9. The SMILES string of the molecule is CCOCCOCCNC(=O)CCOCCOCCNC(=O)COCCOCCCC(=O)CCC(NC(=O)CC)C(=O)O. The summed E-state index contributed by atoms with van der Waals surface area (Å²) in [6.45, 7) is 8.38. The van der Waals surface area contributed by atoms with Gasteiger partial charge in [0.2, 0.25) is 17.7 Å². The van der Waals surface area contributed by atoms with E-state index < -0.39 is 12.0 Å². The molecule has 0 spiro atoms. The standard InChI is InChI=1S/C28H51N3O12/c1-3-25(33)31-24(28(36)37)8-7-23(32)6-5-12-39-20-21-43-22-27(35)30-11-15-42-19-18-40-13-9-26(34)29-10-14-41-17-16-38-4-2/h24H,3-22H2,1-2H3,(H,29,34)(H,30,35)(H,31,33)(H,36,37). The summed E-state index contributed by atoms with van der Waals surface area (Å²) in [4.78, 5) is 57.9. The van der Waals surface area contributed by atoms with Crippen molar-refractivity contribution < 1.29 is 57.5 Å². The van der Waals surface area contributed by atoms with Crippen LogP contribution in [0.1, 0.15) is 52.4 Å². The molecule has 0 heterocycles. The fourth-order valence-electron chi connectivity index (χ4n) is 3.26. The average Bonchev–Trinajstić information content (AvgIpc) is 2.98. The van der Waals surface area contributed by atoms with Crippen LogP contribution < -0.4 is 16.0 Å². The van der Waals surface area contributed by atoms with Gasteiger partial charge in [-0.3, -0.25) is 19.2 Å². The first-order valence-corrected chi connectivity index (χ1v) is 14.8. The van der Waals surface area contributed by atoms with Crippen molar-refractivity contribution in [3.63, 3.8) is 0 Å². The number of nitrogens with one attached hydrogen (secondary N) is 3. The van der Waals surface area contributed by atoms with Crippen LogP contribution in [-0.2, 0) is 52.4 Å². The quantitative estimate of drug-likeness (QED) is 0.0748. The molecule has 0 radical (unpaired) electrons. The van der Waals surface area contributed by atoms with Crippen LogP contribution >= 0.6 is 0 Å². The Hall–Kier alpha value is -2.69. The molecule has 0 rings (SSSR count). The van der Waals surface area contributed by atoms with Gasteiger partial charge in [-0.05, 0) is 19.8 Å². The molecule has 0 saturated heterocycles. The Morgan fingerprint density at radius 1 is 0.605 bits per heavy atom. The molecule has 0 fully saturated rings. The maximum absolute atomic E-state index is 11.9. The summed E-state index contributed by atoms with van der Waals surface area (Å²) in [5.74, 6) is -2.03. The van der Waals surface area contributed by atoms with Crippen molar-refractivity contribution in [3.05, 3.63) is 0 Å². The van der Waals surface area contributed by atoms with Crippen LogP contribution in [-0.4, -0.2) is 133 Å². The summed E-state index contributed by atoms with van der Waals surface area (Å²) < 4.78 is 31.8. The van der Waals surface area contributed by atoms with Crippen LogP contribution in [0.15, 0.2) is 0 Å². The number of ketones is 1. The first-order chi connectivity index (χ1) is 20.8. The van der Waals surface area contributed by atoms with Gasteiger partial charge in [-0.2, -0.15) is 0 Å². The summed E-state index contributed by atoms with van der Waals surface area (Å²) in [7, 11) is 0. The topological polar surface area (TPSA) is 197 Å². The predicted octanol–water partition coefficient (Wildman–Crippen LogP) is -0.163. The molecule has 0 aromatic heterocycles. The molecule has 1 atom stereocenters. The number of aliphatic carboxylic acids is 1. The van der Waals surface area contributed by atoms with Gasteiger partial charge in [0, 0.05) is 52.0 Å². The van der Waals surface area contributed by atoms with Crippen molar-refractivity contribution in [1.29, 1.82) is 0 Å². The second-order valence-corrected chi connectivity index (χ2v) is 9.14. The average molecular weight is 622 g/mol. The minimum atomic E-state index is -1.16. The third kappa shape index (κ3) is 27.9. The van der Waals surface area contributed by atoms with Crippen LogP contribution in [0.25, 0.3) is 0 Å². The van der Waals surface area contributed by atoms with Crippen LogP contribution in [0.2, 0.25) is 0 Å². The molecule has 0 saturated carbocycles. The zero-order valence-electron chi connectivity index (χ0n) is 25.7. The van der Waals surface area contributed by atoms with E-state index in [0.29, 0.717) is 72.4 Å². The van der Waals surface area contributed by atoms with Crippen molar-refractivity contribution in [3.8, 4) is 0 Å². The molecule has 43 heavy (non-hydrogen) atoms. The fraction of sp³-hybridized carbons (Fsp3) is 0.821. The van der Waals surface area contributed by atoms with E-state index in [2.05, 4.69) is 16.0 Å². The monoisotopic (exact) mass is 621 g/mol. The second kappa shape index (κ2) is 29.4. The van der Waals surface area contributed by atoms with Crippen LogP contribution in [0.4, 0.5) is 0 Å². The Morgan fingerprint density at radius 2 is 1.16 bits per heavy atom. The van der Waals surface area contributed by atoms with E-state index >= 15 is 0 Å². The first kappa shape index (κ1) is 40.3. The molecule has 0 bridgehead atoms. The number of rotatable bonds is 31. The fourth-order valence-corrected chi connectivity index (χ4v) is 3.26. The highest BCUT2D eigenvalue weighted by Gasteiger charge is 2.20. The Bertz CT molecular complexity index is 769. The third-order valence-corrected chi connectivity index (χ3v) is 5.57. The summed E-state index contributed by atoms with van der Waals surface area (Å²) in [5.41, 5.74) is 0. The summed E-state index contributed by atoms with van der Waals surface area (Å²) >= 11 is 0. The number of carbonyl (C=O) groups excluding carboxylic acids is 4. The molecule has 0 aliphatic rings. The van der Waals surface area contributed by atoms with E-state index in [0.717, 1.165) is 0 Å². The van der Waals surface area contributed by atoms with Gasteiger partial charge in [0.05, 0.1) is 59.5 Å². The smallest absolute Gasteiger partial charge is 0.326 e. The van der Waals surface area contributed by atoms with Crippen molar-refractivity contribution in [2.45, 2.75) is 58.4 Å². The van der Waals surface area contributed by atoms with Crippen LogP contribution in [0.3, 0.4) is 0 Å². The molecule has 1 unspecified atom stereocenters. The lowest BCUT2D eigenvalue weighted by molar-refractivity contribution is -0.142. The molecule has 4 N–H and O–H groups in total. The molecule has 15 nitrogen and oxygen atoms in total. The molecule has 250 valence electrons. The summed E-state index contributed by atoms with van der Waals surface area (Å²) in [6, 6.07) is -1.07. The van der Waals surface area contributed by atoms with E-state index in [4.69, 9.17) is 33.5 Å². The first-order valence-electron chi connectivity index (χ1n) is 14.8. The van der Waals surface area contributed by atoms with Crippen LogP contribution in [0, 0.1) is 0 Å². The van der Waals surface area contributed by atoms with E-state index in [1.807, 2.05) is 6.92 Å². The molecule has 0 aromatic carbocycles. The van der Waals surface area contributed by atoms with Crippen molar-refractivity contribution in [2.75, 3.05) is 92.4 Å². The number of Topliss-reactive ketones (excluding diaryl/α,β-unsaturated/α-hetero) is 1. The largest absolute Gasteiger partial charge is 0.480 e. The normalized spacial score (nSPS) is 11.6.